The lowest BCUT2D eigenvalue weighted by atomic mass is 10.1. The van der Waals surface area contributed by atoms with E-state index in [1.165, 1.54) is 0 Å². The van der Waals surface area contributed by atoms with E-state index in [4.69, 9.17) is 4.74 Å². The molecule has 2 rings (SSSR count). The van der Waals surface area contributed by atoms with Gasteiger partial charge in [-0.2, -0.15) is 0 Å². The Morgan fingerprint density at radius 1 is 1.11 bits per heavy atom. The van der Waals surface area contributed by atoms with E-state index in [0.29, 0.717) is 6.61 Å². The maximum Gasteiger partial charge on any atom is 0.152 e. The number of nitrogens with one attached hydrogen (secondary N) is 1. The minimum Gasteiger partial charge on any atom is -0.380 e. The lowest BCUT2D eigenvalue weighted by Crippen LogP contribution is -2.04. The Kier molecular flexibility index (Phi) is 4.86. The van der Waals surface area contributed by atoms with E-state index in [2.05, 4.69) is 46.5 Å². The van der Waals surface area contributed by atoms with Crippen LogP contribution in [0.1, 0.15) is 18.9 Å². The molecule has 0 aliphatic rings. The fourth-order valence-corrected chi connectivity index (χ4v) is 1.85. The Morgan fingerprint density at radius 3 is 2.53 bits per heavy atom. The van der Waals surface area contributed by atoms with Gasteiger partial charge in [-0.15, -0.1) is 0 Å². The summed E-state index contributed by atoms with van der Waals surface area (Å²) in [6.45, 7) is 3.65. The Bertz CT molecular complexity index is 511. The van der Waals surface area contributed by atoms with E-state index in [1.807, 2.05) is 0 Å². The molecule has 1 aromatic heterocycles. The predicted molar refractivity (Wildman–Crippen MR) is 77.0 cm³/mol. The lowest BCUT2D eigenvalue weighted by molar-refractivity contribution is 0.185. The number of hydrogen-bond donors (Lipinski definition) is 1. The molecule has 1 heterocycles. The molecule has 0 atom stereocenters. The summed E-state index contributed by atoms with van der Waals surface area (Å²) in [4.78, 5) is 8.77. The Morgan fingerprint density at radius 2 is 1.84 bits per heavy atom. The number of nitrogens with zero attached hydrogens (tertiary/aromatic N) is 2. The third-order valence-corrected chi connectivity index (χ3v) is 2.78. The first-order valence-electron chi connectivity index (χ1n) is 6.48. The monoisotopic (exact) mass is 257 g/mol. The number of rotatable bonds is 6. The van der Waals surface area contributed by atoms with Crippen LogP contribution in [0.5, 0.6) is 0 Å². The summed E-state index contributed by atoms with van der Waals surface area (Å²) >= 11 is 0. The third-order valence-electron chi connectivity index (χ3n) is 2.78. The molecule has 0 saturated carbocycles. The van der Waals surface area contributed by atoms with Crippen molar-refractivity contribution >= 4 is 5.82 Å². The van der Waals surface area contributed by atoms with Crippen LogP contribution in [0.15, 0.2) is 36.7 Å². The van der Waals surface area contributed by atoms with E-state index in [-0.39, 0.29) is 0 Å². The van der Waals surface area contributed by atoms with E-state index < -0.39 is 0 Å². The molecule has 1 N–H and O–H groups in total. The molecule has 4 nitrogen and oxygen atoms in total. The van der Waals surface area contributed by atoms with Crippen LogP contribution in [-0.2, 0) is 11.3 Å². The average molecular weight is 257 g/mol. The van der Waals surface area contributed by atoms with Crippen molar-refractivity contribution in [1.82, 2.24) is 9.97 Å². The quantitative estimate of drug-likeness (QED) is 0.863. The summed E-state index contributed by atoms with van der Waals surface area (Å²) in [6.07, 6.45) is 4.49. The molecular formula is C15H19N3O. The maximum atomic E-state index is 5.11. The minimum absolute atomic E-state index is 0.627. The molecule has 19 heavy (non-hydrogen) atoms. The molecule has 4 heteroatoms. The van der Waals surface area contributed by atoms with Gasteiger partial charge in [-0.05, 0) is 12.0 Å². The molecule has 1 aromatic carbocycles. The number of hydrogen-bond acceptors (Lipinski definition) is 4. The molecule has 0 aliphatic heterocycles. The average Bonchev–Trinajstić information content (AvgIpc) is 2.47. The Labute approximate surface area is 113 Å². The number of aromatic nitrogens is 2. The molecule has 0 fully saturated rings. The van der Waals surface area contributed by atoms with Gasteiger partial charge in [0.25, 0.3) is 0 Å². The van der Waals surface area contributed by atoms with Crippen molar-refractivity contribution in [2.45, 2.75) is 20.0 Å². The van der Waals surface area contributed by atoms with Gasteiger partial charge in [-0.25, -0.2) is 4.98 Å². The van der Waals surface area contributed by atoms with Gasteiger partial charge in [-0.3, -0.25) is 4.98 Å². The van der Waals surface area contributed by atoms with Gasteiger partial charge in [-0.1, -0.05) is 31.2 Å². The van der Waals surface area contributed by atoms with Crippen molar-refractivity contribution in [1.29, 1.82) is 0 Å². The van der Waals surface area contributed by atoms with Gasteiger partial charge in [0.1, 0.15) is 5.69 Å². The minimum atomic E-state index is 0.627. The van der Waals surface area contributed by atoms with Gasteiger partial charge in [0, 0.05) is 31.6 Å². The number of anilines is 1. The molecule has 0 saturated heterocycles. The lowest BCUT2D eigenvalue weighted by Gasteiger charge is -2.09. The molecule has 0 radical (unpaired) electrons. The van der Waals surface area contributed by atoms with Crippen LogP contribution < -0.4 is 5.32 Å². The van der Waals surface area contributed by atoms with E-state index in [1.54, 1.807) is 19.5 Å². The topological polar surface area (TPSA) is 47.0 Å². The standard InChI is InChI=1S/C15H19N3O/c1-3-8-17-15-14(16-9-10-18-15)13-6-4-12(5-7-13)11-19-2/h4-7,9-10H,3,8,11H2,1-2H3,(H,17,18). The van der Waals surface area contributed by atoms with Gasteiger partial charge in [0.15, 0.2) is 5.82 Å². The highest BCUT2D eigenvalue weighted by molar-refractivity contribution is 5.71. The highest BCUT2D eigenvalue weighted by Crippen LogP contribution is 2.23. The van der Waals surface area contributed by atoms with Crippen LogP contribution in [0.4, 0.5) is 5.82 Å². The first kappa shape index (κ1) is 13.5. The SMILES string of the molecule is CCCNc1nccnc1-c1ccc(COC)cc1. The molecular weight excluding hydrogens is 238 g/mol. The van der Waals surface area contributed by atoms with Crippen molar-refractivity contribution in [3.05, 3.63) is 42.2 Å². The van der Waals surface area contributed by atoms with Crippen molar-refractivity contribution in [2.24, 2.45) is 0 Å². The zero-order valence-electron chi connectivity index (χ0n) is 11.4. The number of methoxy groups -OCH3 is 1. The number of ether oxygens (including phenoxy) is 1. The summed E-state index contributed by atoms with van der Waals surface area (Å²) in [5, 5.41) is 3.30. The van der Waals surface area contributed by atoms with Crippen LogP contribution in [-0.4, -0.2) is 23.6 Å². The van der Waals surface area contributed by atoms with Crippen LogP contribution in [0.25, 0.3) is 11.3 Å². The van der Waals surface area contributed by atoms with Gasteiger partial charge < -0.3 is 10.1 Å². The van der Waals surface area contributed by atoms with Gasteiger partial charge >= 0.3 is 0 Å². The van der Waals surface area contributed by atoms with Crippen LogP contribution >= 0.6 is 0 Å². The number of benzene rings is 1. The summed E-state index contributed by atoms with van der Waals surface area (Å²) < 4.78 is 5.11. The summed E-state index contributed by atoms with van der Waals surface area (Å²) in [6, 6.07) is 8.21. The van der Waals surface area contributed by atoms with Crippen molar-refractivity contribution in [3.8, 4) is 11.3 Å². The predicted octanol–water partition coefficient (Wildman–Crippen LogP) is 3.11. The second kappa shape index (κ2) is 6.85. The molecule has 0 bridgehead atoms. The van der Waals surface area contributed by atoms with Gasteiger partial charge in [0.05, 0.1) is 6.61 Å². The van der Waals surface area contributed by atoms with Crippen LogP contribution in [0.2, 0.25) is 0 Å². The zero-order valence-corrected chi connectivity index (χ0v) is 11.4. The fourth-order valence-electron chi connectivity index (χ4n) is 1.85. The third kappa shape index (κ3) is 3.51. The summed E-state index contributed by atoms with van der Waals surface area (Å²) in [7, 11) is 1.70. The van der Waals surface area contributed by atoms with Crippen molar-refractivity contribution in [3.63, 3.8) is 0 Å². The summed E-state index contributed by atoms with van der Waals surface area (Å²) in [5.41, 5.74) is 3.10. The second-order valence-corrected chi connectivity index (χ2v) is 4.31. The van der Waals surface area contributed by atoms with Gasteiger partial charge in [0.2, 0.25) is 0 Å². The summed E-state index contributed by atoms with van der Waals surface area (Å²) in [5.74, 6) is 0.837. The smallest absolute Gasteiger partial charge is 0.152 e. The van der Waals surface area contributed by atoms with E-state index in [0.717, 1.165) is 35.6 Å². The molecule has 0 aliphatic carbocycles. The molecule has 0 amide bonds. The Balaban J connectivity index is 2.25. The molecule has 100 valence electrons. The molecule has 0 spiro atoms. The first-order valence-corrected chi connectivity index (χ1v) is 6.48. The Hall–Kier alpha value is -1.94. The second-order valence-electron chi connectivity index (χ2n) is 4.31. The van der Waals surface area contributed by atoms with E-state index >= 15 is 0 Å². The maximum absolute atomic E-state index is 5.11. The molecule has 0 unspecified atom stereocenters. The van der Waals surface area contributed by atoms with Crippen LogP contribution in [0, 0.1) is 0 Å². The highest BCUT2D eigenvalue weighted by atomic mass is 16.5. The van der Waals surface area contributed by atoms with Crippen molar-refractivity contribution in [2.75, 3.05) is 19.0 Å². The van der Waals surface area contributed by atoms with E-state index in [9.17, 15) is 0 Å². The fraction of sp³-hybridized carbons (Fsp3) is 0.333. The largest absolute Gasteiger partial charge is 0.380 e. The normalized spacial score (nSPS) is 10.4. The highest BCUT2D eigenvalue weighted by Gasteiger charge is 2.07. The van der Waals surface area contributed by atoms with Crippen molar-refractivity contribution < 1.29 is 4.74 Å². The van der Waals surface area contributed by atoms with Crippen LogP contribution in [0.3, 0.4) is 0 Å². The zero-order chi connectivity index (χ0) is 13.5. The first-order chi connectivity index (χ1) is 9.35. The molecule has 2 aromatic rings.